The molecule has 0 fully saturated rings. The van der Waals surface area contributed by atoms with Crippen LogP contribution in [0.25, 0.3) is 22.4 Å². The predicted molar refractivity (Wildman–Crippen MR) is 93.8 cm³/mol. The van der Waals surface area contributed by atoms with Crippen LogP contribution in [0.3, 0.4) is 0 Å². The molecule has 1 heterocycles. The Morgan fingerprint density at radius 1 is 1.08 bits per heavy atom. The van der Waals surface area contributed by atoms with Gasteiger partial charge in [0.15, 0.2) is 0 Å². The third-order valence-corrected chi connectivity index (χ3v) is 4.33. The number of aromatic nitrogens is 2. The Morgan fingerprint density at radius 2 is 1.75 bits per heavy atom. The number of nitrogens with one attached hydrogen (secondary N) is 1. The van der Waals surface area contributed by atoms with E-state index in [1.54, 1.807) is 14.0 Å². The maximum atomic E-state index is 10.4. The van der Waals surface area contributed by atoms with Crippen LogP contribution in [0, 0.1) is 13.8 Å². The van der Waals surface area contributed by atoms with Crippen LogP contribution in [0.1, 0.15) is 11.3 Å². The highest BCUT2D eigenvalue weighted by atomic mass is 35.5. The van der Waals surface area contributed by atoms with E-state index in [1.807, 2.05) is 31.2 Å². The van der Waals surface area contributed by atoms with E-state index >= 15 is 0 Å². The van der Waals surface area contributed by atoms with Crippen molar-refractivity contribution in [2.75, 3.05) is 7.11 Å². The van der Waals surface area contributed by atoms with Gasteiger partial charge in [0, 0.05) is 22.4 Å². The van der Waals surface area contributed by atoms with Crippen LogP contribution in [-0.2, 0) is 0 Å². The lowest BCUT2D eigenvalue weighted by atomic mass is 9.97. The van der Waals surface area contributed by atoms with Gasteiger partial charge in [0.1, 0.15) is 22.9 Å². The molecule has 3 N–H and O–H groups in total. The molecule has 0 bridgehead atoms. The van der Waals surface area contributed by atoms with Gasteiger partial charge < -0.3 is 14.9 Å². The summed E-state index contributed by atoms with van der Waals surface area (Å²) in [6, 6.07) is 9.08. The number of hydrogen-bond acceptors (Lipinski definition) is 4. The monoisotopic (exact) mass is 344 g/mol. The predicted octanol–water partition coefficient (Wildman–Crippen LogP) is 4.43. The average molecular weight is 345 g/mol. The number of H-pyrrole nitrogens is 1. The van der Waals surface area contributed by atoms with E-state index in [9.17, 15) is 10.2 Å². The largest absolute Gasteiger partial charge is 0.507 e. The Labute approximate surface area is 144 Å². The maximum Gasteiger partial charge on any atom is 0.140 e. The first kappa shape index (κ1) is 16.2. The topological polar surface area (TPSA) is 78.4 Å². The minimum atomic E-state index is -0.129. The SMILES string of the molecule is COc1ccc(-c2c(-c3cc(Cl)c(O)c(C)c3O)n[nH]c2C)cc1. The van der Waals surface area contributed by atoms with Crippen molar-refractivity contribution >= 4 is 11.6 Å². The molecular formula is C18H17ClN2O3. The summed E-state index contributed by atoms with van der Waals surface area (Å²) >= 11 is 6.07. The first-order chi connectivity index (χ1) is 11.4. The molecule has 0 saturated heterocycles. The van der Waals surface area contributed by atoms with Crippen LogP contribution < -0.4 is 4.74 Å². The molecular weight excluding hydrogens is 328 g/mol. The third kappa shape index (κ3) is 2.57. The van der Waals surface area contributed by atoms with Gasteiger partial charge in [-0.3, -0.25) is 5.10 Å². The summed E-state index contributed by atoms with van der Waals surface area (Å²) in [6.45, 7) is 3.51. The van der Waals surface area contributed by atoms with Crippen molar-refractivity contribution in [3.8, 4) is 39.6 Å². The summed E-state index contributed by atoms with van der Waals surface area (Å²) in [6.07, 6.45) is 0. The number of methoxy groups -OCH3 is 1. The highest BCUT2D eigenvalue weighted by molar-refractivity contribution is 6.32. The minimum absolute atomic E-state index is 0.0434. The number of phenols is 2. The van der Waals surface area contributed by atoms with E-state index in [1.165, 1.54) is 6.07 Å². The number of rotatable bonds is 3. The van der Waals surface area contributed by atoms with E-state index < -0.39 is 0 Å². The molecule has 3 rings (SSSR count). The molecule has 0 unspecified atom stereocenters. The van der Waals surface area contributed by atoms with Crippen molar-refractivity contribution in [2.45, 2.75) is 13.8 Å². The Kier molecular flexibility index (Phi) is 4.11. The van der Waals surface area contributed by atoms with Crippen molar-refractivity contribution in [3.05, 3.63) is 46.6 Å². The summed E-state index contributed by atoms with van der Waals surface area (Å²) in [5.41, 5.74) is 3.99. The second-order valence-electron chi connectivity index (χ2n) is 5.53. The molecule has 5 nitrogen and oxygen atoms in total. The standard InChI is InChI=1S/C18H17ClN2O3/c1-9-17(22)13(8-14(19)18(9)23)16-15(10(2)20-21-16)11-4-6-12(24-3)7-5-11/h4-8,22-23H,1-3H3,(H,20,21). The minimum Gasteiger partial charge on any atom is -0.507 e. The van der Waals surface area contributed by atoms with Crippen LogP contribution in [0.2, 0.25) is 5.02 Å². The van der Waals surface area contributed by atoms with Gasteiger partial charge in [-0.25, -0.2) is 0 Å². The van der Waals surface area contributed by atoms with Gasteiger partial charge in [-0.1, -0.05) is 23.7 Å². The number of nitrogens with zero attached hydrogens (tertiary/aromatic N) is 1. The number of ether oxygens (including phenoxy) is 1. The zero-order valence-electron chi connectivity index (χ0n) is 13.5. The summed E-state index contributed by atoms with van der Waals surface area (Å²) in [5.74, 6) is 0.585. The summed E-state index contributed by atoms with van der Waals surface area (Å²) < 4.78 is 5.19. The highest BCUT2D eigenvalue weighted by Crippen LogP contribution is 2.44. The summed E-state index contributed by atoms with van der Waals surface area (Å²) in [7, 11) is 1.61. The van der Waals surface area contributed by atoms with E-state index in [2.05, 4.69) is 10.2 Å². The number of benzene rings is 2. The normalized spacial score (nSPS) is 10.8. The lowest BCUT2D eigenvalue weighted by Gasteiger charge is -2.11. The van der Waals surface area contributed by atoms with E-state index in [0.717, 1.165) is 22.6 Å². The van der Waals surface area contributed by atoms with Gasteiger partial charge in [-0.15, -0.1) is 0 Å². The molecule has 24 heavy (non-hydrogen) atoms. The lowest BCUT2D eigenvalue weighted by Crippen LogP contribution is -1.89. The van der Waals surface area contributed by atoms with Crippen LogP contribution in [-0.4, -0.2) is 27.5 Å². The smallest absolute Gasteiger partial charge is 0.140 e. The molecule has 0 aliphatic heterocycles. The fourth-order valence-electron chi connectivity index (χ4n) is 2.67. The Bertz CT molecular complexity index is 902. The Morgan fingerprint density at radius 3 is 2.38 bits per heavy atom. The third-order valence-electron chi connectivity index (χ3n) is 4.04. The highest BCUT2D eigenvalue weighted by Gasteiger charge is 2.21. The van der Waals surface area contributed by atoms with Crippen molar-refractivity contribution in [3.63, 3.8) is 0 Å². The van der Waals surface area contributed by atoms with Crippen LogP contribution >= 0.6 is 11.6 Å². The fourth-order valence-corrected chi connectivity index (χ4v) is 2.92. The number of phenolic OH excluding ortho intramolecular Hbond substituents is 2. The van der Waals surface area contributed by atoms with Crippen LogP contribution in [0.15, 0.2) is 30.3 Å². The van der Waals surface area contributed by atoms with E-state index in [-0.39, 0.29) is 16.5 Å². The van der Waals surface area contributed by atoms with Gasteiger partial charge in [0.05, 0.1) is 12.1 Å². The first-order valence-corrected chi connectivity index (χ1v) is 7.72. The molecule has 0 radical (unpaired) electrons. The van der Waals surface area contributed by atoms with Gasteiger partial charge >= 0.3 is 0 Å². The Balaban J connectivity index is 2.21. The number of halogens is 1. The zero-order valence-corrected chi connectivity index (χ0v) is 14.3. The van der Waals surface area contributed by atoms with E-state index in [0.29, 0.717) is 16.8 Å². The molecule has 0 atom stereocenters. The molecule has 124 valence electrons. The van der Waals surface area contributed by atoms with Gasteiger partial charge in [0.2, 0.25) is 0 Å². The fraction of sp³-hybridized carbons (Fsp3) is 0.167. The number of aryl methyl sites for hydroxylation is 1. The molecule has 3 aromatic rings. The lowest BCUT2D eigenvalue weighted by molar-refractivity contribution is 0.415. The van der Waals surface area contributed by atoms with Crippen LogP contribution in [0.5, 0.6) is 17.2 Å². The van der Waals surface area contributed by atoms with Gasteiger partial charge in [0.25, 0.3) is 0 Å². The second kappa shape index (κ2) is 6.09. The molecule has 0 saturated carbocycles. The summed E-state index contributed by atoms with van der Waals surface area (Å²) in [4.78, 5) is 0. The molecule has 6 heteroatoms. The van der Waals surface area contributed by atoms with Crippen molar-refractivity contribution < 1.29 is 14.9 Å². The van der Waals surface area contributed by atoms with Crippen LogP contribution in [0.4, 0.5) is 0 Å². The quantitative estimate of drug-likeness (QED) is 0.656. The first-order valence-electron chi connectivity index (χ1n) is 7.34. The number of hydrogen-bond donors (Lipinski definition) is 3. The number of aromatic hydroxyl groups is 2. The molecule has 2 aromatic carbocycles. The maximum absolute atomic E-state index is 10.4. The summed E-state index contributed by atoms with van der Waals surface area (Å²) in [5, 5.41) is 27.7. The van der Waals surface area contributed by atoms with Gasteiger partial charge in [-0.05, 0) is 37.6 Å². The zero-order chi connectivity index (χ0) is 17.4. The van der Waals surface area contributed by atoms with Crippen molar-refractivity contribution in [2.24, 2.45) is 0 Å². The van der Waals surface area contributed by atoms with Crippen molar-refractivity contribution in [1.29, 1.82) is 0 Å². The van der Waals surface area contributed by atoms with Gasteiger partial charge in [-0.2, -0.15) is 5.10 Å². The number of aromatic amines is 1. The second-order valence-corrected chi connectivity index (χ2v) is 5.94. The molecule has 0 amide bonds. The average Bonchev–Trinajstić information content (AvgIpc) is 2.97. The molecule has 0 aliphatic carbocycles. The molecule has 0 spiro atoms. The Hall–Kier alpha value is -2.66. The molecule has 0 aliphatic rings. The van der Waals surface area contributed by atoms with Crippen molar-refractivity contribution in [1.82, 2.24) is 10.2 Å². The molecule has 1 aromatic heterocycles. The van der Waals surface area contributed by atoms with E-state index in [4.69, 9.17) is 16.3 Å².